The molecule has 0 saturated heterocycles. The van der Waals surface area contributed by atoms with Crippen LogP contribution in [0.25, 0.3) is 0 Å². The molecule has 0 fully saturated rings. The van der Waals surface area contributed by atoms with E-state index in [2.05, 4.69) is 27.8 Å². The Morgan fingerprint density at radius 2 is 1.91 bits per heavy atom. The Morgan fingerprint density at radius 1 is 1.14 bits per heavy atom. The molecule has 2 N–H and O–H groups in total. The van der Waals surface area contributed by atoms with Crippen LogP contribution in [0.3, 0.4) is 0 Å². The van der Waals surface area contributed by atoms with Gasteiger partial charge < -0.3 is 10.6 Å². The SMILES string of the molecule is CCCCNC(=O)c1ccc(NCc2ccc(Cl)cc2)nn1. The molecule has 116 valence electrons. The lowest BCUT2D eigenvalue weighted by atomic mass is 10.2. The fraction of sp³-hybridized carbons (Fsp3) is 0.312. The lowest BCUT2D eigenvalue weighted by Crippen LogP contribution is -2.25. The van der Waals surface area contributed by atoms with Crippen LogP contribution in [0.4, 0.5) is 5.82 Å². The lowest BCUT2D eigenvalue weighted by molar-refractivity contribution is 0.0947. The summed E-state index contributed by atoms with van der Waals surface area (Å²) >= 11 is 5.84. The van der Waals surface area contributed by atoms with Crippen LogP contribution < -0.4 is 10.6 Å². The number of amides is 1. The smallest absolute Gasteiger partial charge is 0.271 e. The highest BCUT2D eigenvalue weighted by molar-refractivity contribution is 6.30. The third-order valence-corrected chi connectivity index (χ3v) is 3.35. The standard InChI is InChI=1S/C16H19ClN4O/c1-2-3-10-18-16(22)14-8-9-15(21-20-14)19-11-12-4-6-13(17)7-5-12/h4-9H,2-3,10-11H2,1H3,(H,18,22)(H,19,21). The minimum atomic E-state index is -0.190. The van der Waals surface area contributed by atoms with Gasteiger partial charge in [-0.3, -0.25) is 4.79 Å². The molecule has 2 aromatic rings. The number of carbonyl (C=O) groups is 1. The van der Waals surface area contributed by atoms with E-state index in [0.29, 0.717) is 29.6 Å². The molecule has 1 amide bonds. The van der Waals surface area contributed by atoms with Gasteiger partial charge in [-0.15, -0.1) is 10.2 Å². The molecule has 0 atom stereocenters. The van der Waals surface area contributed by atoms with Crippen molar-refractivity contribution in [3.8, 4) is 0 Å². The van der Waals surface area contributed by atoms with Crippen molar-refractivity contribution in [1.82, 2.24) is 15.5 Å². The van der Waals surface area contributed by atoms with Crippen molar-refractivity contribution in [2.45, 2.75) is 26.3 Å². The Labute approximate surface area is 135 Å². The van der Waals surface area contributed by atoms with E-state index in [-0.39, 0.29) is 5.91 Å². The van der Waals surface area contributed by atoms with Crippen molar-refractivity contribution < 1.29 is 4.79 Å². The van der Waals surface area contributed by atoms with Gasteiger partial charge in [0.1, 0.15) is 5.82 Å². The number of hydrogen-bond donors (Lipinski definition) is 2. The van der Waals surface area contributed by atoms with Gasteiger partial charge in [-0.1, -0.05) is 37.1 Å². The number of aromatic nitrogens is 2. The molecular formula is C16H19ClN4O. The summed E-state index contributed by atoms with van der Waals surface area (Å²) in [5, 5.41) is 14.6. The summed E-state index contributed by atoms with van der Waals surface area (Å²) in [6.45, 7) is 3.36. The second kappa shape index (κ2) is 8.34. The zero-order valence-corrected chi connectivity index (χ0v) is 13.2. The molecule has 0 saturated carbocycles. The molecule has 1 aromatic carbocycles. The van der Waals surface area contributed by atoms with Crippen molar-refractivity contribution in [3.63, 3.8) is 0 Å². The maximum atomic E-state index is 11.8. The van der Waals surface area contributed by atoms with Gasteiger partial charge in [-0.25, -0.2) is 0 Å². The predicted molar refractivity (Wildman–Crippen MR) is 88.1 cm³/mol. The monoisotopic (exact) mass is 318 g/mol. The van der Waals surface area contributed by atoms with E-state index in [1.54, 1.807) is 12.1 Å². The largest absolute Gasteiger partial charge is 0.365 e. The molecule has 0 aliphatic rings. The van der Waals surface area contributed by atoms with Gasteiger partial charge in [-0.05, 0) is 36.2 Å². The predicted octanol–water partition coefficient (Wildman–Crippen LogP) is 3.27. The van der Waals surface area contributed by atoms with Crippen molar-refractivity contribution >= 4 is 23.3 Å². The summed E-state index contributed by atoms with van der Waals surface area (Å²) in [5.41, 5.74) is 1.42. The number of halogens is 1. The van der Waals surface area contributed by atoms with Gasteiger partial charge in [-0.2, -0.15) is 0 Å². The number of rotatable bonds is 7. The van der Waals surface area contributed by atoms with Crippen LogP contribution in [0.2, 0.25) is 5.02 Å². The molecule has 22 heavy (non-hydrogen) atoms. The molecule has 1 heterocycles. The van der Waals surface area contributed by atoms with E-state index in [1.807, 2.05) is 24.3 Å². The molecule has 0 aliphatic heterocycles. The van der Waals surface area contributed by atoms with Crippen molar-refractivity contribution in [2.75, 3.05) is 11.9 Å². The zero-order chi connectivity index (χ0) is 15.8. The average Bonchev–Trinajstić information content (AvgIpc) is 2.55. The van der Waals surface area contributed by atoms with Gasteiger partial charge >= 0.3 is 0 Å². The van der Waals surface area contributed by atoms with Crippen LogP contribution in [-0.4, -0.2) is 22.6 Å². The van der Waals surface area contributed by atoms with Crippen LogP contribution in [0.15, 0.2) is 36.4 Å². The quantitative estimate of drug-likeness (QED) is 0.769. The highest BCUT2D eigenvalue weighted by Crippen LogP contribution is 2.11. The third kappa shape index (κ3) is 5.00. The zero-order valence-electron chi connectivity index (χ0n) is 12.5. The van der Waals surface area contributed by atoms with E-state index in [9.17, 15) is 4.79 Å². The first kappa shape index (κ1) is 16.2. The second-order valence-corrected chi connectivity index (χ2v) is 5.33. The molecule has 2 rings (SSSR count). The molecule has 0 unspecified atom stereocenters. The molecule has 0 spiro atoms. The first-order valence-electron chi connectivity index (χ1n) is 7.29. The van der Waals surface area contributed by atoms with Crippen molar-refractivity contribution in [3.05, 3.63) is 52.7 Å². The van der Waals surface area contributed by atoms with Crippen molar-refractivity contribution in [1.29, 1.82) is 0 Å². The fourth-order valence-corrected chi connectivity index (χ4v) is 1.94. The molecular weight excluding hydrogens is 300 g/mol. The second-order valence-electron chi connectivity index (χ2n) is 4.89. The minimum absolute atomic E-state index is 0.190. The van der Waals surface area contributed by atoms with Crippen LogP contribution in [0.5, 0.6) is 0 Å². The van der Waals surface area contributed by atoms with Gasteiger partial charge in [0.2, 0.25) is 0 Å². The lowest BCUT2D eigenvalue weighted by Gasteiger charge is -2.06. The summed E-state index contributed by atoms with van der Waals surface area (Å²) < 4.78 is 0. The van der Waals surface area contributed by atoms with Gasteiger partial charge in [0.15, 0.2) is 5.69 Å². The van der Waals surface area contributed by atoms with Crippen LogP contribution in [0, 0.1) is 0 Å². The molecule has 0 radical (unpaired) electrons. The Kier molecular flexibility index (Phi) is 6.15. The number of nitrogens with one attached hydrogen (secondary N) is 2. The van der Waals surface area contributed by atoms with Gasteiger partial charge in [0, 0.05) is 18.1 Å². The van der Waals surface area contributed by atoms with E-state index in [0.717, 1.165) is 18.4 Å². The third-order valence-electron chi connectivity index (χ3n) is 3.10. The highest BCUT2D eigenvalue weighted by Gasteiger charge is 2.07. The Hall–Kier alpha value is -2.14. The van der Waals surface area contributed by atoms with E-state index >= 15 is 0 Å². The van der Waals surface area contributed by atoms with Crippen LogP contribution in [0.1, 0.15) is 35.8 Å². The fourth-order valence-electron chi connectivity index (χ4n) is 1.81. The minimum Gasteiger partial charge on any atom is -0.365 e. The van der Waals surface area contributed by atoms with Crippen LogP contribution in [-0.2, 0) is 6.54 Å². The van der Waals surface area contributed by atoms with Gasteiger partial charge in [0.25, 0.3) is 5.91 Å². The average molecular weight is 319 g/mol. The van der Waals surface area contributed by atoms with E-state index in [1.165, 1.54) is 0 Å². The topological polar surface area (TPSA) is 66.9 Å². The number of unbranched alkanes of at least 4 members (excludes halogenated alkanes) is 1. The van der Waals surface area contributed by atoms with Gasteiger partial charge in [0.05, 0.1) is 0 Å². The molecule has 0 aliphatic carbocycles. The normalized spacial score (nSPS) is 10.3. The number of nitrogens with zero attached hydrogens (tertiary/aromatic N) is 2. The molecule has 5 nitrogen and oxygen atoms in total. The number of benzene rings is 1. The maximum absolute atomic E-state index is 11.8. The molecule has 0 bridgehead atoms. The van der Waals surface area contributed by atoms with E-state index in [4.69, 9.17) is 11.6 Å². The number of hydrogen-bond acceptors (Lipinski definition) is 4. The summed E-state index contributed by atoms with van der Waals surface area (Å²) in [6.07, 6.45) is 2.00. The summed E-state index contributed by atoms with van der Waals surface area (Å²) in [7, 11) is 0. The Bertz CT molecular complexity index is 599. The molecule has 1 aromatic heterocycles. The first-order chi connectivity index (χ1) is 10.7. The van der Waals surface area contributed by atoms with Crippen LogP contribution >= 0.6 is 11.6 Å². The number of anilines is 1. The summed E-state index contributed by atoms with van der Waals surface area (Å²) in [6, 6.07) is 11.0. The maximum Gasteiger partial charge on any atom is 0.271 e. The summed E-state index contributed by atoms with van der Waals surface area (Å²) in [5.74, 6) is 0.435. The van der Waals surface area contributed by atoms with Crippen molar-refractivity contribution in [2.24, 2.45) is 0 Å². The Morgan fingerprint density at radius 3 is 2.55 bits per heavy atom. The Balaban J connectivity index is 1.86. The summed E-state index contributed by atoms with van der Waals surface area (Å²) in [4.78, 5) is 11.8. The van der Waals surface area contributed by atoms with E-state index < -0.39 is 0 Å². The first-order valence-corrected chi connectivity index (χ1v) is 7.67. The number of carbonyl (C=O) groups excluding carboxylic acids is 1. The highest BCUT2D eigenvalue weighted by atomic mass is 35.5. The molecule has 6 heteroatoms.